The van der Waals surface area contributed by atoms with Crippen LogP contribution < -0.4 is 11.2 Å². The van der Waals surface area contributed by atoms with Gasteiger partial charge in [-0.05, 0) is 6.92 Å². The second-order valence-corrected chi connectivity index (χ2v) is 4.46. The molecule has 1 aromatic heterocycles. The molecule has 0 bridgehead atoms. The summed E-state index contributed by atoms with van der Waals surface area (Å²) in [6.45, 7) is 1.61. The third-order valence-electron chi connectivity index (χ3n) is 2.84. The highest BCUT2D eigenvalue weighted by molar-refractivity contribution is 7.80. The molecule has 0 amide bonds. The van der Waals surface area contributed by atoms with Gasteiger partial charge in [0.1, 0.15) is 6.23 Å². The Balaban J connectivity index is 2.34. The summed E-state index contributed by atoms with van der Waals surface area (Å²) in [6.07, 6.45) is 0.181. The first-order chi connectivity index (χ1) is 8.02. The molecule has 2 N–H and O–H groups in total. The predicted octanol–water partition coefficient (Wildman–Crippen LogP) is -0.577. The van der Waals surface area contributed by atoms with E-state index in [-0.39, 0.29) is 6.10 Å². The Morgan fingerprint density at radius 1 is 1.65 bits per heavy atom. The molecule has 1 aliphatic heterocycles. The molecule has 2 rings (SSSR count). The topological polar surface area (TPSA) is 84.3 Å². The van der Waals surface area contributed by atoms with Crippen LogP contribution in [0.15, 0.2) is 15.8 Å². The van der Waals surface area contributed by atoms with Gasteiger partial charge in [-0.2, -0.15) is 12.6 Å². The Kier molecular flexibility index (Phi) is 3.41. The van der Waals surface area contributed by atoms with Gasteiger partial charge >= 0.3 is 5.69 Å². The lowest BCUT2D eigenvalue weighted by Crippen LogP contribution is -2.33. The van der Waals surface area contributed by atoms with E-state index in [2.05, 4.69) is 17.6 Å². The molecule has 0 saturated carbocycles. The summed E-state index contributed by atoms with van der Waals surface area (Å²) in [4.78, 5) is 25.0. The number of hydrogen-bond acceptors (Lipinski definition) is 5. The van der Waals surface area contributed by atoms with E-state index in [1.807, 2.05) is 0 Å². The average molecular weight is 258 g/mol. The van der Waals surface area contributed by atoms with E-state index in [0.717, 1.165) is 0 Å². The molecular weight excluding hydrogens is 244 g/mol. The zero-order valence-electron chi connectivity index (χ0n) is 9.29. The minimum absolute atomic E-state index is 0.316. The lowest BCUT2D eigenvalue weighted by Gasteiger charge is -2.14. The Morgan fingerprint density at radius 3 is 2.94 bits per heavy atom. The summed E-state index contributed by atoms with van der Waals surface area (Å²) in [7, 11) is 0. The highest BCUT2D eigenvalue weighted by atomic mass is 32.1. The SMILES string of the molecule is Cc1cn([C@H]2C[C@H](O)[C@@H](CS)O2)c(=O)[nH]c1=O. The molecule has 0 aromatic carbocycles. The Labute approximate surface area is 103 Å². The number of thiol groups is 1. The van der Waals surface area contributed by atoms with Gasteiger partial charge in [0, 0.05) is 23.9 Å². The number of aromatic nitrogens is 2. The quantitative estimate of drug-likeness (QED) is 0.620. The number of nitrogens with zero attached hydrogens (tertiary/aromatic N) is 1. The summed E-state index contributed by atoms with van der Waals surface area (Å²) in [5.74, 6) is 0.384. The first-order valence-electron chi connectivity index (χ1n) is 5.29. The van der Waals surface area contributed by atoms with Crippen molar-refractivity contribution >= 4 is 12.6 Å². The third-order valence-corrected chi connectivity index (χ3v) is 3.20. The van der Waals surface area contributed by atoms with Crippen molar-refractivity contribution in [2.24, 2.45) is 0 Å². The van der Waals surface area contributed by atoms with Crippen molar-refractivity contribution in [3.8, 4) is 0 Å². The van der Waals surface area contributed by atoms with Crippen LogP contribution >= 0.6 is 12.6 Å². The molecule has 0 spiro atoms. The molecule has 6 nitrogen and oxygen atoms in total. The predicted molar refractivity (Wildman–Crippen MR) is 64.4 cm³/mol. The summed E-state index contributed by atoms with van der Waals surface area (Å²) < 4.78 is 6.79. The van der Waals surface area contributed by atoms with E-state index in [1.165, 1.54) is 10.8 Å². The summed E-state index contributed by atoms with van der Waals surface area (Å²) in [6, 6.07) is 0. The number of rotatable bonds is 2. The van der Waals surface area contributed by atoms with Crippen LogP contribution in [0.2, 0.25) is 0 Å². The number of aliphatic hydroxyl groups excluding tert-OH is 1. The van der Waals surface area contributed by atoms with Crippen molar-refractivity contribution in [1.82, 2.24) is 9.55 Å². The maximum atomic E-state index is 11.6. The van der Waals surface area contributed by atoms with E-state index >= 15 is 0 Å². The van der Waals surface area contributed by atoms with Gasteiger partial charge in [-0.15, -0.1) is 0 Å². The minimum atomic E-state index is -0.642. The molecule has 1 aromatic rings. The molecule has 7 heteroatoms. The van der Waals surface area contributed by atoms with Crippen molar-refractivity contribution in [2.75, 3.05) is 5.75 Å². The Morgan fingerprint density at radius 2 is 2.35 bits per heavy atom. The molecule has 1 fully saturated rings. The van der Waals surface area contributed by atoms with Crippen molar-refractivity contribution in [1.29, 1.82) is 0 Å². The van der Waals surface area contributed by atoms with Crippen molar-refractivity contribution in [2.45, 2.75) is 31.8 Å². The van der Waals surface area contributed by atoms with Gasteiger partial charge in [-0.25, -0.2) is 4.79 Å². The largest absolute Gasteiger partial charge is 0.390 e. The summed E-state index contributed by atoms with van der Waals surface area (Å²) >= 11 is 4.06. The van der Waals surface area contributed by atoms with Gasteiger partial charge in [-0.3, -0.25) is 14.3 Å². The van der Waals surface area contributed by atoms with Crippen LogP contribution in [0.25, 0.3) is 0 Å². The summed E-state index contributed by atoms with van der Waals surface area (Å²) in [5.41, 5.74) is -0.509. The maximum Gasteiger partial charge on any atom is 0.330 e. The minimum Gasteiger partial charge on any atom is -0.390 e. The standard InChI is InChI=1S/C10H14N2O4S/c1-5-3-12(10(15)11-9(5)14)8-2-6(13)7(4-17)16-8/h3,6-8,13,17H,2,4H2,1H3,(H,11,14,15)/t6-,7+,8+/m0/s1. The maximum absolute atomic E-state index is 11.6. The van der Waals surface area contributed by atoms with Crippen LogP contribution in [0.5, 0.6) is 0 Å². The van der Waals surface area contributed by atoms with E-state index < -0.39 is 23.6 Å². The van der Waals surface area contributed by atoms with E-state index in [0.29, 0.717) is 17.7 Å². The second-order valence-electron chi connectivity index (χ2n) is 4.09. The molecule has 3 atom stereocenters. The van der Waals surface area contributed by atoms with Crippen molar-refractivity contribution in [3.63, 3.8) is 0 Å². The van der Waals surface area contributed by atoms with Crippen LogP contribution in [0.3, 0.4) is 0 Å². The van der Waals surface area contributed by atoms with E-state index in [4.69, 9.17) is 4.74 Å². The van der Waals surface area contributed by atoms with E-state index in [9.17, 15) is 14.7 Å². The Bertz CT molecular complexity index is 524. The van der Waals surface area contributed by atoms with Gasteiger partial charge < -0.3 is 9.84 Å². The highest BCUT2D eigenvalue weighted by Gasteiger charge is 2.34. The lowest BCUT2D eigenvalue weighted by molar-refractivity contribution is -0.00746. The molecule has 0 unspecified atom stereocenters. The number of H-pyrrole nitrogens is 1. The summed E-state index contributed by atoms with van der Waals surface area (Å²) in [5, 5.41) is 9.67. The molecule has 1 saturated heterocycles. The second kappa shape index (κ2) is 4.67. The van der Waals surface area contributed by atoms with Crippen LogP contribution in [0.4, 0.5) is 0 Å². The molecule has 0 aliphatic carbocycles. The number of aliphatic hydroxyl groups is 1. The first-order valence-corrected chi connectivity index (χ1v) is 5.92. The van der Waals surface area contributed by atoms with E-state index in [1.54, 1.807) is 6.92 Å². The first kappa shape index (κ1) is 12.4. The monoisotopic (exact) mass is 258 g/mol. The number of nitrogens with one attached hydrogen (secondary N) is 1. The smallest absolute Gasteiger partial charge is 0.330 e. The molecule has 1 aliphatic rings. The van der Waals surface area contributed by atoms with Gasteiger partial charge in [0.25, 0.3) is 5.56 Å². The highest BCUT2D eigenvalue weighted by Crippen LogP contribution is 2.27. The van der Waals surface area contributed by atoms with Crippen molar-refractivity contribution in [3.05, 3.63) is 32.6 Å². The van der Waals surface area contributed by atoms with Gasteiger partial charge in [-0.1, -0.05) is 0 Å². The number of hydrogen-bond donors (Lipinski definition) is 3. The fourth-order valence-corrected chi connectivity index (χ4v) is 2.18. The normalized spacial score (nSPS) is 28.5. The number of ether oxygens (including phenoxy) is 1. The van der Waals surface area contributed by atoms with Crippen LogP contribution in [-0.2, 0) is 4.74 Å². The van der Waals surface area contributed by atoms with Crippen LogP contribution in [-0.4, -0.2) is 32.6 Å². The Hall–Kier alpha value is -1.05. The third kappa shape index (κ3) is 2.31. The van der Waals surface area contributed by atoms with Gasteiger partial charge in [0.05, 0.1) is 12.2 Å². The average Bonchev–Trinajstić information content (AvgIpc) is 2.65. The zero-order chi connectivity index (χ0) is 12.6. The molecular formula is C10H14N2O4S. The molecule has 2 heterocycles. The fourth-order valence-electron chi connectivity index (χ4n) is 1.85. The van der Waals surface area contributed by atoms with Crippen LogP contribution in [0.1, 0.15) is 18.2 Å². The molecule has 17 heavy (non-hydrogen) atoms. The molecule has 0 radical (unpaired) electrons. The van der Waals surface area contributed by atoms with Crippen LogP contribution in [0, 0.1) is 6.92 Å². The number of aryl methyl sites for hydroxylation is 1. The zero-order valence-corrected chi connectivity index (χ0v) is 10.2. The molecule has 94 valence electrons. The lowest BCUT2D eigenvalue weighted by atomic mass is 10.2. The fraction of sp³-hybridized carbons (Fsp3) is 0.600. The van der Waals surface area contributed by atoms with Gasteiger partial charge in [0.2, 0.25) is 0 Å². The van der Waals surface area contributed by atoms with Crippen molar-refractivity contribution < 1.29 is 9.84 Å². The van der Waals surface area contributed by atoms with Gasteiger partial charge in [0.15, 0.2) is 0 Å². The number of aromatic amines is 1.